The highest BCUT2D eigenvalue weighted by Gasteiger charge is 2.48. The molecule has 2 aliphatic rings. The monoisotopic (exact) mass is 689 g/mol. The zero-order valence-corrected chi connectivity index (χ0v) is 30.0. The number of aromatic nitrogens is 1. The van der Waals surface area contributed by atoms with Crippen molar-refractivity contribution in [1.29, 1.82) is 0 Å². The topological polar surface area (TPSA) is 130 Å². The first-order chi connectivity index (χ1) is 23.5. The van der Waals surface area contributed by atoms with Crippen LogP contribution in [0.2, 0.25) is 0 Å². The number of carbonyl (C=O) groups excluding carboxylic acids is 4. The van der Waals surface area contributed by atoms with Gasteiger partial charge in [0.25, 0.3) is 11.8 Å². The average Bonchev–Trinajstić information content (AvgIpc) is 3.68. The van der Waals surface area contributed by atoms with Crippen molar-refractivity contribution in [3.63, 3.8) is 0 Å². The molecule has 3 aromatic rings. The number of hydrogen-bond donors (Lipinski definition) is 2. The first kappa shape index (κ1) is 35.8. The molecule has 2 aromatic carbocycles. The van der Waals surface area contributed by atoms with Crippen molar-refractivity contribution < 1.29 is 28.7 Å². The predicted molar refractivity (Wildman–Crippen MR) is 188 cm³/mol. The summed E-state index contributed by atoms with van der Waals surface area (Å²) in [5.41, 5.74) is 2.28. The van der Waals surface area contributed by atoms with E-state index in [-0.39, 0.29) is 48.1 Å². The van der Waals surface area contributed by atoms with Crippen molar-refractivity contribution >= 4 is 35.0 Å². The molecular weight excluding hydrogens is 643 g/mol. The molecule has 1 aromatic heterocycles. The SMILES string of the molecule is CNC(=O)[C@H](CCCc1ccccc1)NC(=O)C1CN(C(=O)c2sc(C)nc2C)CC2CN(C(=O)c3ccc(OC(C)C)c(OC)c3)CC21. The Morgan fingerprint density at radius 3 is 2.31 bits per heavy atom. The summed E-state index contributed by atoms with van der Waals surface area (Å²) in [5, 5.41) is 6.52. The molecule has 4 amide bonds. The normalized spacial score (nSPS) is 19.3. The fraction of sp³-hybridized carbons (Fsp3) is 0.486. The van der Waals surface area contributed by atoms with Crippen LogP contribution in [0.15, 0.2) is 48.5 Å². The molecule has 2 fully saturated rings. The number of piperidine rings is 1. The Labute approximate surface area is 292 Å². The molecule has 2 saturated heterocycles. The van der Waals surface area contributed by atoms with Crippen molar-refractivity contribution in [2.75, 3.05) is 40.3 Å². The number of carbonyl (C=O) groups is 4. The standard InChI is InChI=1S/C37H47N5O6S/c1-22(2)48-31-16-15-26(17-32(31)47-6)36(45)41-18-27-19-42(37(46)33-23(3)39-24(4)49-33)21-29(28(27)20-41)34(43)40-30(35(44)38-5)14-10-13-25-11-8-7-9-12-25/h7-9,11-12,15-17,22,27-30H,10,13-14,18-21H2,1-6H3,(H,38,44)(H,40,43)/t27?,28?,29?,30-/m0/s1. The van der Waals surface area contributed by atoms with Crippen LogP contribution in [-0.4, -0.2) is 90.9 Å². The molecule has 4 atom stereocenters. The molecule has 2 aliphatic heterocycles. The van der Waals surface area contributed by atoms with Crippen molar-refractivity contribution in [2.45, 2.75) is 59.1 Å². The predicted octanol–water partition coefficient (Wildman–Crippen LogP) is 4.27. The van der Waals surface area contributed by atoms with E-state index in [0.29, 0.717) is 60.1 Å². The van der Waals surface area contributed by atoms with Crippen molar-refractivity contribution in [2.24, 2.45) is 17.8 Å². The van der Waals surface area contributed by atoms with Gasteiger partial charge in [-0.3, -0.25) is 19.2 Å². The number of methoxy groups -OCH3 is 1. The van der Waals surface area contributed by atoms with Gasteiger partial charge in [-0.05, 0) is 82.6 Å². The molecule has 5 rings (SSSR count). The highest BCUT2D eigenvalue weighted by atomic mass is 32.1. The number of aryl methyl sites for hydroxylation is 3. The van der Waals surface area contributed by atoms with Crippen LogP contribution in [0, 0.1) is 31.6 Å². The van der Waals surface area contributed by atoms with Crippen LogP contribution in [0.4, 0.5) is 0 Å². The van der Waals surface area contributed by atoms with E-state index in [1.54, 1.807) is 35.0 Å². The number of thiazole rings is 1. The van der Waals surface area contributed by atoms with Crippen LogP contribution >= 0.6 is 11.3 Å². The number of nitrogens with one attached hydrogen (secondary N) is 2. The second kappa shape index (κ2) is 15.8. The lowest BCUT2D eigenvalue weighted by Gasteiger charge is -2.39. The van der Waals surface area contributed by atoms with Crippen LogP contribution in [0.3, 0.4) is 0 Å². The van der Waals surface area contributed by atoms with Gasteiger partial charge in [-0.2, -0.15) is 0 Å². The van der Waals surface area contributed by atoms with E-state index >= 15 is 0 Å². The molecular formula is C37H47N5O6S. The van der Waals surface area contributed by atoms with E-state index in [1.807, 2.05) is 58.0 Å². The van der Waals surface area contributed by atoms with Crippen molar-refractivity contribution in [3.05, 3.63) is 75.2 Å². The summed E-state index contributed by atoms with van der Waals surface area (Å²) in [5.74, 6) is -0.826. The zero-order chi connectivity index (χ0) is 35.2. The summed E-state index contributed by atoms with van der Waals surface area (Å²) in [4.78, 5) is 63.4. The fourth-order valence-corrected chi connectivity index (χ4v) is 7.86. The Morgan fingerprint density at radius 2 is 1.67 bits per heavy atom. The van der Waals surface area contributed by atoms with Crippen molar-refractivity contribution in [1.82, 2.24) is 25.4 Å². The van der Waals surface area contributed by atoms with Gasteiger partial charge in [-0.15, -0.1) is 11.3 Å². The molecule has 0 saturated carbocycles. The van der Waals surface area contributed by atoms with E-state index in [9.17, 15) is 19.2 Å². The summed E-state index contributed by atoms with van der Waals surface area (Å²) in [6.07, 6.45) is 1.89. The van der Waals surface area contributed by atoms with Gasteiger partial charge in [0.05, 0.1) is 29.8 Å². The molecule has 3 heterocycles. The molecule has 0 spiro atoms. The smallest absolute Gasteiger partial charge is 0.265 e. The van der Waals surface area contributed by atoms with Crippen LogP contribution in [0.1, 0.15) is 63.0 Å². The van der Waals surface area contributed by atoms with Crippen LogP contribution < -0.4 is 20.1 Å². The Balaban J connectivity index is 1.37. The number of benzene rings is 2. The second-order valence-corrected chi connectivity index (χ2v) is 14.4. The van der Waals surface area contributed by atoms with Crippen LogP contribution in [0.25, 0.3) is 0 Å². The van der Waals surface area contributed by atoms with Crippen LogP contribution in [-0.2, 0) is 16.0 Å². The number of ether oxygens (including phenoxy) is 2. The van der Waals surface area contributed by atoms with E-state index in [1.165, 1.54) is 18.4 Å². The number of likely N-dealkylation sites (tertiary alicyclic amines) is 2. The summed E-state index contributed by atoms with van der Waals surface area (Å²) < 4.78 is 11.4. The molecule has 262 valence electrons. The third-order valence-electron chi connectivity index (χ3n) is 9.34. The number of rotatable bonds is 12. The number of nitrogens with zero attached hydrogens (tertiary/aromatic N) is 3. The number of fused-ring (bicyclic) bond motifs is 1. The minimum atomic E-state index is -0.727. The van der Waals surface area contributed by atoms with Gasteiger partial charge in [0, 0.05) is 38.8 Å². The van der Waals surface area contributed by atoms with E-state index in [4.69, 9.17) is 9.47 Å². The Morgan fingerprint density at radius 1 is 0.959 bits per heavy atom. The van der Waals surface area contributed by atoms with Crippen LogP contribution in [0.5, 0.6) is 11.5 Å². The van der Waals surface area contributed by atoms with Gasteiger partial charge in [0.15, 0.2) is 11.5 Å². The highest BCUT2D eigenvalue weighted by molar-refractivity contribution is 7.13. The van der Waals surface area contributed by atoms with Gasteiger partial charge >= 0.3 is 0 Å². The maximum Gasteiger partial charge on any atom is 0.265 e. The maximum absolute atomic E-state index is 14.2. The second-order valence-electron chi connectivity index (χ2n) is 13.2. The van der Waals surface area contributed by atoms with Crippen molar-refractivity contribution in [3.8, 4) is 11.5 Å². The zero-order valence-electron chi connectivity index (χ0n) is 29.2. The molecule has 12 heteroatoms. The number of amides is 4. The summed E-state index contributed by atoms with van der Waals surface area (Å²) in [6, 6.07) is 14.4. The van der Waals surface area contributed by atoms with Gasteiger partial charge in [-0.1, -0.05) is 30.3 Å². The summed E-state index contributed by atoms with van der Waals surface area (Å²) >= 11 is 1.34. The minimum Gasteiger partial charge on any atom is -0.493 e. The number of hydrogen-bond acceptors (Lipinski definition) is 8. The summed E-state index contributed by atoms with van der Waals surface area (Å²) in [6.45, 7) is 8.86. The quantitative estimate of drug-likeness (QED) is 0.291. The number of likely N-dealkylation sites (N-methyl/N-ethyl adjacent to an activating group) is 1. The van der Waals surface area contributed by atoms with Gasteiger partial charge < -0.3 is 29.9 Å². The Hall–Kier alpha value is -4.45. The van der Waals surface area contributed by atoms with E-state index < -0.39 is 12.0 Å². The highest BCUT2D eigenvalue weighted by Crippen LogP contribution is 2.38. The molecule has 3 unspecified atom stereocenters. The molecule has 11 nitrogen and oxygen atoms in total. The summed E-state index contributed by atoms with van der Waals surface area (Å²) in [7, 11) is 3.10. The third-order valence-corrected chi connectivity index (χ3v) is 10.4. The average molecular weight is 690 g/mol. The molecule has 0 radical (unpaired) electrons. The first-order valence-corrected chi connectivity index (χ1v) is 17.7. The lowest BCUT2D eigenvalue weighted by molar-refractivity contribution is -0.133. The maximum atomic E-state index is 14.2. The Bertz CT molecular complexity index is 1660. The van der Waals surface area contributed by atoms with Gasteiger partial charge in [0.2, 0.25) is 11.8 Å². The van der Waals surface area contributed by atoms with Gasteiger partial charge in [0.1, 0.15) is 10.9 Å². The van der Waals surface area contributed by atoms with Gasteiger partial charge in [-0.25, -0.2) is 4.98 Å². The largest absolute Gasteiger partial charge is 0.493 e. The third kappa shape index (κ3) is 8.41. The minimum absolute atomic E-state index is 0.0598. The lowest BCUT2D eigenvalue weighted by Crippen LogP contribution is -2.56. The molecule has 0 bridgehead atoms. The fourth-order valence-electron chi connectivity index (χ4n) is 6.97. The Kier molecular flexibility index (Phi) is 11.6. The van der Waals surface area contributed by atoms with E-state index in [2.05, 4.69) is 15.6 Å². The molecule has 0 aliphatic carbocycles. The lowest BCUT2D eigenvalue weighted by atomic mass is 9.79. The molecule has 49 heavy (non-hydrogen) atoms. The molecule has 2 N–H and O–H groups in total. The van der Waals surface area contributed by atoms with E-state index in [0.717, 1.165) is 17.0 Å². The first-order valence-electron chi connectivity index (χ1n) is 16.9.